The lowest BCUT2D eigenvalue weighted by Gasteiger charge is -2.08. The third kappa shape index (κ3) is 5.93. The largest absolute Gasteiger partial charge is 0.489 e. The van der Waals surface area contributed by atoms with Crippen molar-refractivity contribution >= 4 is 0 Å². The van der Waals surface area contributed by atoms with Crippen molar-refractivity contribution < 1.29 is 18.3 Å². The number of hydrogen-bond donors (Lipinski definition) is 1. The predicted molar refractivity (Wildman–Crippen MR) is 65.8 cm³/mol. The Balaban J connectivity index is 2.09. The Hall–Kier alpha value is -1.20. The molecular formula is C13H19F2NO2. The van der Waals surface area contributed by atoms with Gasteiger partial charge in [-0.1, -0.05) is 0 Å². The Labute approximate surface area is 106 Å². The highest BCUT2D eigenvalue weighted by molar-refractivity contribution is 5.24. The summed E-state index contributed by atoms with van der Waals surface area (Å²) in [5.74, 6) is -1.10. The van der Waals surface area contributed by atoms with Crippen LogP contribution in [0.15, 0.2) is 18.2 Å². The summed E-state index contributed by atoms with van der Waals surface area (Å²) in [7, 11) is 0. The molecule has 0 fully saturated rings. The minimum Gasteiger partial charge on any atom is -0.489 e. The van der Waals surface area contributed by atoms with E-state index in [2.05, 4.69) is 5.32 Å². The molecule has 0 spiro atoms. The Morgan fingerprint density at radius 1 is 1.17 bits per heavy atom. The minimum absolute atomic E-state index is 0.0499. The van der Waals surface area contributed by atoms with Gasteiger partial charge in [0.2, 0.25) is 0 Å². The minimum atomic E-state index is -0.548. The van der Waals surface area contributed by atoms with Crippen LogP contribution in [0.5, 0.6) is 5.75 Å². The molecule has 3 nitrogen and oxygen atoms in total. The zero-order chi connectivity index (χ0) is 13.2. The van der Waals surface area contributed by atoms with Crippen molar-refractivity contribution in [3.05, 3.63) is 29.8 Å². The number of ether oxygens (including phenoxy) is 2. The van der Waals surface area contributed by atoms with Crippen LogP contribution in [0, 0.1) is 11.6 Å². The summed E-state index contributed by atoms with van der Waals surface area (Å²) in [6, 6.07) is 3.17. The topological polar surface area (TPSA) is 30.5 Å². The van der Waals surface area contributed by atoms with E-state index in [0.717, 1.165) is 44.4 Å². The zero-order valence-electron chi connectivity index (χ0n) is 10.5. The molecule has 0 atom stereocenters. The number of halogens is 2. The highest BCUT2D eigenvalue weighted by Crippen LogP contribution is 2.17. The smallest absolute Gasteiger partial charge is 0.165 e. The first-order valence-electron chi connectivity index (χ1n) is 6.10. The predicted octanol–water partition coefficient (Wildman–Crippen LogP) is 2.36. The number of rotatable bonds is 9. The van der Waals surface area contributed by atoms with E-state index in [4.69, 9.17) is 9.47 Å². The van der Waals surface area contributed by atoms with Crippen LogP contribution >= 0.6 is 0 Å². The molecule has 0 bridgehead atoms. The molecule has 18 heavy (non-hydrogen) atoms. The molecule has 0 amide bonds. The summed E-state index contributed by atoms with van der Waals surface area (Å²) >= 11 is 0. The zero-order valence-corrected chi connectivity index (χ0v) is 10.5. The molecule has 0 aliphatic rings. The standard InChI is InChI=1S/C13H19F2NO2/c1-2-17-8-3-6-16-7-9-18-13-10-11(14)4-5-12(13)15/h4-5,10,16H,2-3,6-9H2,1H3. The molecule has 0 saturated carbocycles. The first kappa shape index (κ1) is 14.9. The first-order chi connectivity index (χ1) is 8.74. The van der Waals surface area contributed by atoms with Gasteiger partial charge in [0.1, 0.15) is 12.4 Å². The van der Waals surface area contributed by atoms with Gasteiger partial charge < -0.3 is 14.8 Å². The summed E-state index contributed by atoms with van der Waals surface area (Å²) < 4.78 is 36.3. The summed E-state index contributed by atoms with van der Waals surface area (Å²) in [6.07, 6.45) is 0.919. The van der Waals surface area contributed by atoms with Gasteiger partial charge in [-0.15, -0.1) is 0 Å². The van der Waals surface area contributed by atoms with E-state index >= 15 is 0 Å². The second-order valence-electron chi connectivity index (χ2n) is 3.72. The Morgan fingerprint density at radius 2 is 2.00 bits per heavy atom. The molecule has 1 N–H and O–H groups in total. The summed E-state index contributed by atoms with van der Waals surface area (Å²) in [4.78, 5) is 0. The normalized spacial score (nSPS) is 10.6. The Kier molecular flexibility index (Phi) is 7.29. The molecule has 1 aromatic carbocycles. The average molecular weight is 259 g/mol. The molecule has 0 aromatic heterocycles. The maximum atomic E-state index is 13.2. The van der Waals surface area contributed by atoms with Crippen molar-refractivity contribution in [3.8, 4) is 5.75 Å². The van der Waals surface area contributed by atoms with E-state index in [-0.39, 0.29) is 5.75 Å². The van der Waals surface area contributed by atoms with Crippen LogP contribution < -0.4 is 10.1 Å². The SMILES string of the molecule is CCOCCCNCCOc1cc(F)ccc1F. The van der Waals surface area contributed by atoms with E-state index < -0.39 is 11.6 Å². The first-order valence-corrected chi connectivity index (χ1v) is 6.10. The van der Waals surface area contributed by atoms with Crippen LogP contribution in [0.25, 0.3) is 0 Å². The fraction of sp³-hybridized carbons (Fsp3) is 0.538. The highest BCUT2D eigenvalue weighted by Gasteiger charge is 2.04. The summed E-state index contributed by atoms with van der Waals surface area (Å²) in [5, 5.41) is 3.13. The summed E-state index contributed by atoms with van der Waals surface area (Å²) in [5.41, 5.74) is 0. The Bertz CT molecular complexity index is 348. The Morgan fingerprint density at radius 3 is 2.78 bits per heavy atom. The van der Waals surface area contributed by atoms with Crippen LogP contribution in [0.3, 0.4) is 0 Å². The van der Waals surface area contributed by atoms with Crippen LogP contribution in [-0.2, 0) is 4.74 Å². The van der Waals surface area contributed by atoms with Crippen molar-refractivity contribution in [2.75, 3.05) is 32.9 Å². The maximum absolute atomic E-state index is 13.2. The fourth-order valence-electron chi connectivity index (χ4n) is 1.39. The number of nitrogens with one attached hydrogen (secondary N) is 1. The quantitative estimate of drug-likeness (QED) is 0.691. The van der Waals surface area contributed by atoms with Crippen molar-refractivity contribution in [3.63, 3.8) is 0 Å². The van der Waals surface area contributed by atoms with E-state index in [0.29, 0.717) is 13.2 Å². The van der Waals surface area contributed by atoms with Crippen LogP contribution in [0.2, 0.25) is 0 Å². The molecule has 1 rings (SSSR count). The monoisotopic (exact) mass is 259 g/mol. The fourth-order valence-corrected chi connectivity index (χ4v) is 1.39. The van der Waals surface area contributed by atoms with Crippen LogP contribution in [-0.4, -0.2) is 32.9 Å². The second kappa shape index (κ2) is 8.83. The van der Waals surface area contributed by atoms with E-state index in [9.17, 15) is 8.78 Å². The van der Waals surface area contributed by atoms with E-state index in [1.807, 2.05) is 6.92 Å². The van der Waals surface area contributed by atoms with Crippen molar-refractivity contribution in [2.24, 2.45) is 0 Å². The highest BCUT2D eigenvalue weighted by atomic mass is 19.1. The molecule has 5 heteroatoms. The molecule has 0 aliphatic heterocycles. The van der Waals surface area contributed by atoms with Gasteiger partial charge in [0.15, 0.2) is 11.6 Å². The third-order valence-corrected chi connectivity index (χ3v) is 2.28. The van der Waals surface area contributed by atoms with E-state index in [1.54, 1.807) is 0 Å². The van der Waals surface area contributed by atoms with Gasteiger partial charge in [-0.3, -0.25) is 0 Å². The molecule has 0 unspecified atom stereocenters. The lowest BCUT2D eigenvalue weighted by molar-refractivity contribution is 0.144. The summed E-state index contributed by atoms with van der Waals surface area (Å²) in [6.45, 7) is 5.10. The number of benzene rings is 1. The van der Waals surface area contributed by atoms with Crippen molar-refractivity contribution in [2.45, 2.75) is 13.3 Å². The average Bonchev–Trinajstić information content (AvgIpc) is 2.36. The molecule has 0 radical (unpaired) electrons. The van der Waals surface area contributed by atoms with Gasteiger partial charge in [-0.05, 0) is 32.0 Å². The molecule has 0 aliphatic carbocycles. The van der Waals surface area contributed by atoms with Gasteiger partial charge in [-0.25, -0.2) is 8.78 Å². The molecular weight excluding hydrogens is 240 g/mol. The lowest BCUT2D eigenvalue weighted by Crippen LogP contribution is -2.23. The van der Waals surface area contributed by atoms with E-state index in [1.165, 1.54) is 0 Å². The molecule has 0 heterocycles. The number of hydrogen-bond acceptors (Lipinski definition) is 3. The van der Waals surface area contributed by atoms with Gasteiger partial charge in [0.05, 0.1) is 0 Å². The lowest BCUT2D eigenvalue weighted by atomic mass is 10.3. The third-order valence-electron chi connectivity index (χ3n) is 2.28. The van der Waals surface area contributed by atoms with Gasteiger partial charge in [0, 0.05) is 25.8 Å². The van der Waals surface area contributed by atoms with Gasteiger partial charge in [0.25, 0.3) is 0 Å². The molecule has 102 valence electrons. The molecule has 0 saturated heterocycles. The van der Waals surface area contributed by atoms with Gasteiger partial charge >= 0.3 is 0 Å². The maximum Gasteiger partial charge on any atom is 0.165 e. The van der Waals surface area contributed by atoms with Crippen LogP contribution in [0.4, 0.5) is 8.78 Å². The molecule has 1 aromatic rings. The van der Waals surface area contributed by atoms with Gasteiger partial charge in [-0.2, -0.15) is 0 Å². The van der Waals surface area contributed by atoms with Crippen LogP contribution in [0.1, 0.15) is 13.3 Å². The van der Waals surface area contributed by atoms with Crippen molar-refractivity contribution in [1.82, 2.24) is 5.32 Å². The second-order valence-corrected chi connectivity index (χ2v) is 3.72. The van der Waals surface area contributed by atoms with Crippen molar-refractivity contribution in [1.29, 1.82) is 0 Å².